The molecule has 23 heavy (non-hydrogen) atoms. The molecule has 1 aliphatic heterocycles. The van der Waals surface area contributed by atoms with Crippen molar-refractivity contribution in [1.82, 2.24) is 24.6 Å². The molecule has 8 heteroatoms. The van der Waals surface area contributed by atoms with Crippen molar-refractivity contribution < 1.29 is 9.53 Å². The van der Waals surface area contributed by atoms with Crippen LogP contribution in [0.3, 0.4) is 0 Å². The molecule has 3 heterocycles. The predicted octanol–water partition coefficient (Wildman–Crippen LogP) is 0.590. The van der Waals surface area contributed by atoms with Crippen LogP contribution in [0.2, 0.25) is 0 Å². The number of carbonyl (C=O) groups is 1. The zero-order valence-corrected chi connectivity index (χ0v) is 13.2. The van der Waals surface area contributed by atoms with Crippen LogP contribution in [0.25, 0.3) is 0 Å². The van der Waals surface area contributed by atoms with E-state index >= 15 is 0 Å². The van der Waals surface area contributed by atoms with Crippen LogP contribution in [0.15, 0.2) is 30.9 Å². The van der Waals surface area contributed by atoms with Crippen molar-refractivity contribution in [2.24, 2.45) is 0 Å². The van der Waals surface area contributed by atoms with E-state index in [-0.39, 0.29) is 12.0 Å². The van der Waals surface area contributed by atoms with E-state index in [1.54, 1.807) is 22.0 Å². The van der Waals surface area contributed by atoms with E-state index in [2.05, 4.69) is 15.1 Å². The topological polar surface area (TPSA) is 99.2 Å². The molecule has 2 aromatic rings. The van der Waals surface area contributed by atoms with Gasteiger partial charge in [-0.05, 0) is 26.0 Å². The Morgan fingerprint density at radius 3 is 2.96 bits per heavy atom. The highest BCUT2D eigenvalue weighted by atomic mass is 16.5. The zero-order chi connectivity index (χ0) is 16.4. The number of ether oxygens (including phenoxy) is 1. The van der Waals surface area contributed by atoms with Crippen molar-refractivity contribution in [3.05, 3.63) is 36.5 Å². The van der Waals surface area contributed by atoms with Gasteiger partial charge in [0.15, 0.2) is 0 Å². The van der Waals surface area contributed by atoms with Gasteiger partial charge in [0.2, 0.25) is 5.91 Å². The third kappa shape index (κ3) is 3.02. The average molecular weight is 316 g/mol. The van der Waals surface area contributed by atoms with Gasteiger partial charge in [0.05, 0.1) is 18.8 Å². The number of rotatable bonds is 3. The van der Waals surface area contributed by atoms with E-state index in [0.29, 0.717) is 25.5 Å². The van der Waals surface area contributed by atoms with Crippen LogP contribution in [0, 0.1) is 0 Å². The van der Waals surface area contributed by atoms with Crippen molar-refractivity contribution in [3.63, 3.8) is 0 Å². The molecule has 8 nitrogen and oxygen atoms in total. The maximum absolute atomic E-state index is 12.9. The molecule has 2 N–H and O–H groups in total. The standard InChI is InChI=1S/C15H20N6O2/c1-15(2,21-10-17-9-18-21)14(22)20-6-7-23-12(8-20)11-4-3-5-13(16)19-11/h3-5,9-10,12H,6-8H2,1-2H3,(H2,16,19)/t12-/m1/s1. The summed E-state index contributed by atoms with van der Waals surface area (Å²) in [5.41, 5.74) is 5.66. The van der Waals surface area contributed by atoms with E-state index in [9.17, 15) is 4.79 Å². The fraction of sp³-hybridized carbons (Fsp3) is 0.467. The molecule has 0 unspecified atom stereocenters. The second-order valence-corrected chi connectivity index (χ2v) is 6.00. The van der Waals surface area contributed by atoms with Gasteiger partial charge in [0.25, 0.3) is 0 Å². The first-order valence-corrected chi connectivity index (χ1v) is 7.47. The van der Waals surface area contributed by atoms with Crippen LogP contribution < -0.4 is 5.73 Å². The van der Waals surface area contributed by atoms with Crippen molar-refractivity contribution in [3.8, 4) is 0 Å². The van der Waals surface area contributed by atoms with E-state index in [4.69, 9.17) is 10.5 Å². The lowest BCUT2D eigenvalue weighted by Gasteiger charge is -2.37. The highest BCUT2D eigenvalue weighted by molar-refractivity contribution is 5.83. The summed E-state index contributed by atoms with van der Waals surface area (Å²) in [6.45, 7) is 5.09. The molecule has 1 atom stereocenters. The van der Waals surface area contributed by atoms with Gasteiger partial charge in [-0.15, -0.1) is 0 Å². The smallest absolute Gasteiger partial charge is 0.250 e. The first-order chi connectivity index (χ1) is 11.0. The Labute approximate surface area is 134 Å². The van der Waals surface area contributed by atoms with Gasteiger partial charge in [0.1, 0.15) is 30.1 Å². The first-order valence-electron chi connectivity index (χ1n) is 7.47. The van der Waals surface area contributed by atoms with Crippen LogP contribution in [-0.2, 0) is 15.1 Å². The Morgan fingerprint density at radius 1 is 1.43 bits per heavy atom. The number of nitrogens with two attached hydrogens (primary N) is 1. The van der Waals surface area contributed by atoms with Gasteiger partial charge < -0.3 is 15.4 Å². The van der Waals surface area contributed by atoms with Gasteiger partial charge >= 0.3 is 0 Å². The third-order valence-corrected chi connectivity index (χ3v) is 3.99. The summed E-state index contributed by atoms with van der Waals surface area (Å²) in [5, 5.41) is 4.09. The van der Waals surface area contributed by atoms with Crippen molar-refractivity contribution >= 4 is 11.7 Å². The Bertz CT molecular complexity index is 685. The minimum Gasteiger partial charge on any atom is -0.384 e. The van der Waals surface area contributed by atoms with Crippen LogP contribution in [0.4, 0.5) is 5.82 Å². The zero-order valence-electron chi connectivity index (χ0n) is 13.2. The minimum atomic E-state index is -0.804. The summed E-state index contributed by atoms with van der Waals surface area (Å²) in [6.07, 6.45) is 2.70. The van der Waals surface area contributed by atoms with Crippen molar-refractivity contribution in [2.75, 3.05) is 25.4 Å². The molecular weight excluding hydrogens is 296 g/mol. The summed E-state index contributed by atoms with van der Waals surface area (Å²) in [4.78, 5) is 22.9. The lowest BCUT2D eigenvalue weighted by atomic mass is 10.0. The largest absolute Gasteiger partial charge is 0.384 e. The van der Waals surface area contributed by atoms with Gasteiger partial charge in [-0.25, -0.2) is 14.6 Å². The summed E-state index contributed by atoms with van der Waals surface area (Å²) in [7, 11) is 0. The maximum atomic E-state index is 12.9. The average Bonchev–Trinajstić information content (AvgIpc) is 3.09. The van der Waals surface area contributed by atoms with E-state index in [0.717, 1.165) is 5.69 Å². The molecular formula is C15H20N6O2. The van der Waals surface area contributed by atoms with Crippen LogP contribution in [-0.4, -0.2) is 50.3 Å². The van der Waals surface area contributed by atoms with Gasteiger partial charge in [-0.1, -0.05) is 6.07 Å². The quantitative estimate of drug-likeness (QED) is 0.890. The number of nitrogen functional groups attached to an aromatic ring is 1. The highest BCUT2D eigenvalue weighted by Crippen LogP contribution is 2.25. The van der Waals surface area contributed by atoms with E-state index in [1.165, 1.54) is 6.33 Å². The third-order valence-electron chi connectivity index (χ3n) is 3.99. The summed E-state index contributed by atoms with van der Waals surface area (Å²) in [6, 6.07) is 5.42. The molecule has 3 rings (SSSR count). The molecule has 0 bridgehead atoms. The molecule has 1 saturated heterocycles. The number of carbonyl (C=O) groups excluding carboxylic acids is 1. The Balaban J connectivity index is 1.77. The molecule has 0 spiro atoms. The molecule has 1 aliphatic rings. The van der Waals surface area contributed by atoms with Gasteiger partial charge in [-0.3, -0.25) is 4.79 Å². The van der Waals surface area contributed by atoms with Crippen LogP contribution in [0.5, 0.6) is 0 Å². The number of hydrogen-bond acceptors (Lipinski definition) is 6. The molecule has 0 radical (unpaired) electrons. The summed E-state index contributed by atoms with van der Waals surface area (Å²) in [5.74, 6) is 0.415. The lowest BCUT2D eigenvalue weighted by Crippen LogP contribution is -2.51. The number of pyridine rings is 1. The number of aromatic nitrogens is 4. The number of hydrogen-bond donors (Lipinski definition) is 1. The van der Waals surface area contributed by atoms with Crippen molar-refractivity contribution in [1.29, 1.82) is 0 Å². The molecule has 1 fully saturated rings. The van der Waals surface area contributed by atoms with Crippen LogP contribution in [0.1, 0.15) is 25.6 Å². The fourth-order valence-electron chi connectivity index (χ4n) is 2.64. The molecule has 0 aromatic carbocycles. The van der Waals surface area contributed by atoms with Crippen LogP contribution >= 0.6 is 0 Å². The Morgan fingerprint density at radius 2 is 2.26 bits per heavy atom. The summed E-state index contributed by atoms with van der Waals surface area (Å²) < 4.78 is 7.32. The first kappa shape index (κ1) is 15.4. The second kappa shape index (κ2) is 5.96. The molecule has 122 valence electrons. The SMILES string of the molecule is CC(C)(C(=O)N1CCO[C@@H](c2cccc(N)n2)C1)n1cncn1. The molecule has 1 amide bonds. The minimum absolute atomic E-state index is 0.0276. The van der Waals surface area contributed by atoms with Gasteiger partial charge in [0, 0.05) is 6.54 Å². The fourth-order valence-corrected chi connectivity index (χ4v) is 2.64. The summed E-state index contributed by atoms with van der Waals surface area (Å²) >= 11 is 0. The number of nitrogens with zero attached hydrogens (tertiary/aromatic N) is 5. The second-order valence-electron chi connectivity index (χ2n) is 6.00. The molecule has 0 saturated carbocycles. The monoisotopic (exact) mass is 316 g/mol. The maximum Gasteiger partial charge on any atom is 0.250 e. The number of amides is 1. The molecule has 0 aliphatic carbocycles. The van der Waals surface area contributed by atoms with Gasteiger partial charge in [-0.2, -0.15) is 5.10 Å². The lowest BCUT2D eigenvalue weighted by molar-refractivity contribution is -0.147. The van der Waals surface area contributed by atoms with E-state index in [1.807, 2.05) is 26.0 Å². The Hall–Kier alpha value is -2.48. The Kier molecular flexibility index (Phi) is 3.99. The van der Waals surface area contributed by atoms with E-state index < -0.39 is 5.54 Å². The normalized spacial score (nSPS) is 18.9. The van der Waals surface area contributed by atoms with Crippen molar-refractivity contribution in [2.45, 2.75) is 25.5 Å². The predicted molar refractivity (Wildman–Crippen MR) is 83.3 cm³/mol. The highest BCUT2D eigenvalue weighted by Gasteiger charge is 2.37. The number of morpholine rings is 1. The molecule has 2 aromatic heterocycles. The number of anilines is 1.